The summed E-state index contributed by atoms with van der Waals surface area (Å²) in [5.41, 5.74) is 3.76. The minimum Gasteiger partial charge on any atom is -0.484 e. The lowest BCUT2D eigenvalue weighted by Gasteiger charge is -2.11. The molecule has 0 aliphatic carbocycles. The zero-order chi connectivity index (χ0) is 25.1. The SMILES string of the molecule is Cc1ccc(NC(=O)c2nc[nH]c2C(=O)Nc2nc3ccc(OCC(=O)N(C)C)cc3[nH]2)c(C)c1. The van der Waals surface area contributed by atoms with E-state index in [0.29, 0.717) is 22.5 Å². The summed E-state index contributed by atoms with van der Waals surface area (Å²) in [6, 6.07) is 10.7. The number of nitrogens with one attached hydrogen (secondary N) is 4. The van der Waals surface area contributed by atoms with Gasteiger partial charge in [-0.05, 0) is 37.6 Å². The Morgan fingerprint density at radius 1 is 1.03 bits per heavy atom. The predicted octanol–water partition coefficient (Wildman–Crippen LogP) is 2.87. The second-order valence-corrected chi connectivity index (χ2v) is 8.19. The van der Waals surface area contributed by atoms with Crippen molar-refractivity contribution in [1.82, 2.24) is 24.8 Å². The van der Waals surface area contributed by atoms with Crippen LogP contribution in [-0.2, 0) is 4.79 Å². The van der Waals surface area contributed by atoms with E-state index in [1.54, 1.807) is 38.4 Å². The van der Waals surface area contributed by atoms with Gasteiger partial charge >= 0.3 is 0 Å². The lowest BCUT2D eigenvalue weighted by molar-refractivity contribution is -0.130. The summed E-state index contributed by atoms with van der Waals surface area (Å²) in [6.07, 6.45) is 1.28. The smallest absolute Gasteiger partial charge is 0.276 e. The summed E-state index contributed by atoms with van der Waals surface area (Å²) in [5, 5.41) is 5.43. The molecule has 2 aromatic heterocycles. The second-order valence-electron chi connectivity index (χ2n) is 8.19. The average Bonchev–Trinajstić information content (AvgIpc) is 3.45. The summed E-state index contributed by atoms with van der Waals surface area (Å²) in [4.78, 5) is 52.9. The number of aromatic amines is 2. The molecular formula is C24H25N7O4. The van der Waals surface area contributed by atoms with Gasteiger partial charge in [-0.15, -0.1) is 0 Å². The fraction of sp³-hybridized carbons (Fsp3) is 0.208. The lowest BCUT2D eigenvalue weighted by Crippen LogP contribution is -2.27. The van der Waals surface area contributed by atoms with Crippen LogP contribution < -0.4 is 15.4 Å². The number of likely N-dealkylation sites (N-methyl/N-ethyl adjacent to an activating group) is 1. The first-order valence-corrected chi connectivity index (χ1v) is 10.8. The van der Waals surface area contributed by atoms with Crippen molar-refractivity contribution in [2.75, 3.05) is 31.3 Å². The van der Waals surface area contributed by atoms with Gasteiger partial charge in [0.15, 0.2) is 12.3 Å². The van der Waals surface area contributed by atoms with Gasteiger partial charge in [0.25, 0.3) is 17.7 Å². The molecule has 4 rings (SSSR count). The van der Waals surface area contributed by atoms with Crippen molar-refractivity contribution in [3.05, 3.63) is 65.2 Å². The van der Waals surface area contributed by atoms with E-state index >= 15 is 0 Å². The Bertz CT molecular complexity index is 1420. The minimum absolute atomic E-state index is 0.000980. The van der Waals surface area contributed by atoms with Crippen molar-refractivity contribution >= 4 is 40.4 Å². The molecule has 0 fully saturated rings. The molecule has 0 spiro atoms. The summed E-state index contributed by atoms with van der Waals surface area (Å²) in [6.45, 7) is 3.76. The number of amides is 3. The molecule has 0 saturated heterocycles. The number of H-pyrrole nitrogens is 2. The first-order valence-electron chi connectivity index (χ1n) is 10.8. The zero-order valence-corrected chi connectivity index (χ0v) is 19.7. The Kier molecular flexibility index (Phi) is 6.49. The van der Waals surface area contributed by atoms with Gasteiger partial charge < -0.3 is 24.9 Å². The van der Waals surface area contributed by atoms with Crippen LogP contribution in [0.25, 0.3) is 11.0 Å². The van der Waals surface area contributed by atoms with E-state index in [4.69, 9.17) is 4.74 Å². The molecule has 0 unspecified atom stereocenters. The molecule has 0 aliphatic heterocycles. The van der Waals surface area contributed by atoms with Crippen LogP contribution in [0, 0.1) is 13.8 Å². The minimum atomic E-state index is -0.583. The molecule has 4 N–H and O–H groups in total. The Morgan fingerprint density at radius 2 is 1.83 bits per heavy atom. The largest absolute Gasteiger partial charge is 0.484 e. The predicted molar refractivity (Wildman–Crippen MR) is 131 cm³/mol. The molecule has 3 amide bonds. The molecule has 11 nitrogen and oxygen atoms in total. The number of carbonyl (C=O) groups is 3. The topological polar surface area (TPSA) is 145 Å². The van der Waals surface area contributed by atoms with E-state index < -0.39 is 11.8 Å². The number of aryl methyl sites for hydroxylation is 2. The number of carbonyl (C=O) groups excluding carboxylic acids is 3. The molecule has 0 atom stereocenters. The van der Waals surface area contributed by atoms with Crippen molar-refractivity contribution < 1.29 is 19.1 Å². The summed E-state index contributed by atoms with van der Waals surface area (Å²) >= 11 is 0. The normalized spacial score (nSPS) is 10.7. The Morgan fingerprint density at radius 3 is 2.57 bits per heavy atom. The number of aromatic nitrogens is 4. The van der Waals surface area contributed by atoms with Gasteiger partial charge in [0.05, 0.1) is 17.4 Å². The van der Waals surface area contributed by atoms with Crippen molar-refractivity contribution in [1.29, 1.82) is 0 Å². The Labute approximate surface area is 200 Å². The first kappa shape index (κ1) is 23.5. The standard InChI is InChI=1S/C24H25N7O4/c1-13-5-7-16(14(2)9-13)27-22(33)20-21(26-12-25-20)23(34)30-24-28-17-8-6-15(10-18(17)29-24)35-11-19(32)31(3)4/h5-10,12H,11H2,1-4H3,(H,25,26)(H,27,33)(H2,28,29,30,34). The van der Waals surface area contributed by atoms with E-state index in [-0.39, 0.29) is 29.9 Å². The maximum Gasteiger partial charge on any atom is 0.276 e. The van der Waals surface area contributed by atoms with Gasteiger partial charge in [-0.25, -0.2) is 9.97 Å². The number of fused-ring (bicyclic) bond motifs is 1. The molecule has 0 aliphatic rings. The molecule has 35 heavy (non-hydrogen) atoms. The molecule has 2 heterocycles. The third-order valence-electron chi connectivity index (χ3n) is 5.26. The number of nitrogens with zero attached hydrogens (tertiary/aromatic N) is 3. The van der Waals surface area contributed by atoms with Crippen LogP contribution >= 0.6 is 0 Å². The van der Waals surface area contributed by atoms with Crippen LogP contribution in [0.2, 0.25) is 0 Å². The molecule has 0 radical (unpaired) electrons. The third kappa shape index (κ3) is 5.29. The summed E-state index contributed by atoms with van der Waals surface area (Å²) in [7, 11) is 3.30. The number of imidazole rings is 2. The summed E-state index contributed by atoms with van der Waals surface area (Å²) < 4.78 is 5.51. The van der Waals surface area contributed by atoms with E-state index in [1.165, 1.54) is 11.2 Å². The van der Waals surface area contributed by atoms with Crippen LogP contribution in [0.5, 0.6) is 5.75 Å². The van der Waals surface area contributed by atoms with Crippen LogP contribution in [0.1, 0.15) is 32.1 Å². The van der Waals surface area contributed by atoms with Crippen molar-refractivity contribution in [2.24, 2.45) is 0 Å². The highest BCUT2D eigenvalue weighted by Crippen LogP contribution is 2.22. The second kappa shape index (κ2) is 9.67. The Balaban J connectivity index is 1.46. The molecule has 180 valence electrons. The number of hydrogen-bond acceptors (Lipinski definition) is 6. The fourth-order valence-electron chi connectivity index (χ4n) is 3.36. The van der Waals surface area contributed by atoms with E-state index in [2.05, 4.69) is 30.6 Å². The molecule has 4 aromatic rings. The maximum absolute atomic E-state index is 12.9. The van der Waals surface area contributed by atoms with Gasteiger partial charge in [0.1, 0.15) is 11.4 Å². The number of ether oxygens (including phenoxy) is 1. The van der Waals surface area contributed by atoms with Crippen LogP contribution in [0.15, 0.2) is 42.7 Å². The number of rotatable bonds is 7. The molecule has 2 aromatic carbocycles. The number of anilines is 2. The Hall–Kier alpha value is -4.67. The van der Waals surface area contributed by atoms with E-state index in [9.17, 15) is 14.4 Å². The lowest BCUT2D eigenvalue weighted by atomic mass is 10.1. The number of benzene rings is 2. The molecular weight excluding hydrogens is 450 g/mol. The third-order valence-corrected chi connectivity index (χ3v) is 5.26. The van der Waals surface area contributed by atoms with Crippen LogP contribution in [0.3, 0.4) is 0 Å². The maximum atomic E-state index is 12.9. The van der Waals surface area contributed by atoms with Crippen molar-refractivity contribution in [2.45, 2.75) is 13.8 Å². The van der Waals surface area contributed by atoms with Crippen LogP contribution in [0.4, 0.5) is 11.6 Å². The highest BCUT2D eigenvalue weighted by atomic mass is 16.5. The molecule has 11 heteroatoms. The van der Waals surface area contributed by atoms with Crippen molar-refractivity contribution in [3.63, 3.8) is 0 Å². The van der Waals surface area contributed by atoms with E-state index in [1.807, 2.05) is 26.0 Å². The van der Waals surface area contributed by atoms with Gasteiger partial charge in [-0.2, -0.15) is 0 Å². The highest BCUT2D eigenvalue weighted by Gasteiger charge is 2.22. The zero-order valence-electron chi connectivity index (χ0n) is 19.7. The molecule has 0 saturated carbocycles. The first-order chi connectivity index (χ1) is 16.7. The summed E-state index contributed by atoms with van der Waals surface area (Å²) in [5.74, 6) is -0.600. The van der Waals surface area contributed by atoms with Crippen molar-refractivity contribution in [3.8, 4) is 5.75 Å². The van der Waals surface area contributed by atoms with Gasteiger partial charge in [0, 0.05) is 25.8 Å². The average molecular weight is 476 g/mol. The molecule has 0 bridgehead atoms. The van der Waals surface area contributed by atoms with Gasteiger partial charge in [0.2, 0.25) is 5.95 Å². The quantitative estimate of drug-likeness (QED) is 0.323. The van der Waals surface area contributed by atoms with Crippen LogP contribution in [-0.4, -0.2) is 63.3 Å². The monoisotopic (exact) mass is 475 g/mol. The van der Waals surface area contributed by atoms with Gasteiger partial charge in [-0.1, -0.05) is 17.7 Å². The number of hydrogen-bond donors (Lipinski definition) is 4. The van der Waals surface area contributed by atoms with Gasteiger partial charge in [-0.3, -0.25) is 19.7 Å². The highest BCUT2D eigenvalue weighted by molar-refractivity contribution is 6.13. The van der Waals surface area contributed by atoms with E-state index in [0.717, 1.165) is 11.1 Å². The fourth-order valence-corrected chi connectivity index (χ4v) is 3.36.